The zero-order chi connectivity index (χ0) is 22.7. The Balaban J connectivity index is 4.85. The van der Waals surface area contributed by atoms with Crippen molar-refractivity contribution in [2.75, 3.05) is 6.54 Å². The van der Waals surface area contributed by atoms with Crippen LogP contribution in [0.3, 0.4) is 0 Å². The maximum Gasteiger partial charge on any atom is 0.326 e. The summed E-state index contributed by atoms with van der Waals surface area (Å²) in [4.78, 5) is 58.6. The van der Waals surface area contributed by atoms with Crippen molar-refractivity contribution in [1.29, 1.82) is 0 Å². The van der Waals surface area contributed by atoms with Gasteiger partial charge in [-0.25, -0.2) is 4.79 Å². The molecule has 11 heteroatoms. The summed E-state index contributed by atoms with van der Waals surface area (Å²) >= 11 is 0. The normalized spacial score (nSPS) is 14.0. The molecule has 3 atom stereocenters. The predicted octanol–water partition coefficient (Wildman–Crippen LogP) is -1.55. The molecule has 0 fully saturated rings. The molecule has 0 aliphatic carbocycles. The zero-order valence-electron chi connectivity index (χ0n) is 17.4. The van der Waals surface area contributed by atoms with Crippen molar-refractivity contribution in [3.8, 4) is 0 Å². The number of primary amides is 1. The number of hydrogen-bond acceptors (Lipinski definition) is 6. The smallest absolute Gasteiger partial charge is 0.326 e. The lowest BCUT2D eigenvalue weighted by molar-refractivity contribution is -0.142. The van der Waals surface area contributed by atoms with Crippen molar-refractivity contribution in [2.45, 2.75) is 65.1 Å². The SMILES string of the molecule is CC(C)CC(NC(=O)CNC(=O)C(CC(C)C)NC(=O)C(N)CC(N)=O)C(=O)O. The molecule has 29 heavy (non-hydrogen) atoms. The van der Waals surface area contributed by atoms with Gasteiger partial charge in [-0.1, -0.05) is 27.7 Å². The minimum atomic E-state index is -1.19. The van der Waals surface area contributed by atoms with E-state index in [1.807, 2.05) is 27.7 Å². The van der Waals surface area contributed by atoms with Crippen LogP contribution in [0, 0.1) is 11.8 Å². The molecule has 11 nitrogen and oxygen atoms in total. The molecule has 0 saturated carbocycles. The van der Waals surface area contributed by atoms with E-state index in [4.69, 9.17) is 16.6 Å². The van der Waals surface area contributed by atoms with Gasteiger partial charge in [-0.15, -0.1) is 0 Å². The molecule has 0 aliphatic heterocycles. The summed E-state index contributed by atoms with van der Waals surface area (Å²) in [6.45, 7) is 6.88. The molecular weight excluding hydrogens is 382 g/mol. The maximum absolute atomic E-state index is 12.4. The quantitative estimate of drug-likeness (QED) is 0.209. The molecule has 0 aliphatic rings. The molecule has 0 aromatic carbocycles. The van der Waals surface area contributed by atoms with Gasteiger partial charge in [0.05, 0.1) is 19.0 Å². The number of hydrogen-bond donors (Lipinski definition) is 6. The fourth-order valence-corrected chi connectivity index (χ4v) is 2.52. The molecule has 0 aromatic rings. The van der Waals surface area contributed by atoms with Gasteiger partial charge >= 0.3 is 5.97 Å². The molecule has 0 aromatic heterocycles. The van der Waals surface area contributed by atoms with Crippen molar-refractivity contribution in [3.63, 3.8) is 0 Å². The number of carbonyl (C=O) groups excluding carboxylic acids is 4. The highest BCUT2D eigenvalue weighted by atomic mass is 16.4. The van der Waals surface area contributed by atoms with Gasteiger partial charge in [-0.3, -0.25) is 19.2 Å². The molecule has 0 heterocycles. The average molecular weight is 415 g/mol. The topological polar surface area (TPSA) is 194 Å². The van der Waals surface area contributed by atoms with Gasteiger partial charge < -0.3 is 32.5 Å². The average Bonchev–Trinajstić information content (AvgIpc) is 2.56. The second kappa shape index (κ2) is 12.7. The lowest BCUT2D eigenvalue weighted by Gasteiger charge is -2.22. The summed E-state index contributed by atoms with van der Waals surface area (Å²) in [7, 11) is 0. The van der Waals surface area contributed by atoms with Crippen LogP contribution in [0.25, 0.3) is 0 Å². The fraction of sp³-hybridized carbons (Fsp3) is 0.722. The third-order valence-corrected chi connectivity index (χ3v) is 3.86. The minimum absolute atomic E-state index is 0.0367. The molecular formula is C18H33N5O6. The zero-order valence-corrected chi connectivity index (χ0v) is 17.4. The lowest BCUT2D eigenvalue weighted by Crippen LogP contribution is -2.54. The van der Waals surface area contributed by atoms with E-state index in [2.05, 4.69) is 16.0 Å². The molecule has 8 N–H and O–H groups in total. The first-order valence-electron chi connectivity index (χ1n) is 9.47. The summed E-state index contributed by atoms with van der Waals surface area (Å²) in [5.74, 6) is -3.81. The van der Waals surface area contributed by atoms with Crippen LogP contribution in [-0.2, 0) is 24.0 Å². The standard InChI is InChI=1S/C18H33N5O6/c1-9(2)5-12(23-16(26)11(19)7-14(20)24)17(27)21-8-15(25)22-13(18(28)29)6-10(3)4/h9-13H,5-8,19H2,1-4H3,(H2,20,24)(H,21,27)(H,22,25)(H,23,26)(H,28,29). The minimum Gasteiger partial charge on any atom is -0.480 e. The van der Waals surface area contributed by atoms with E-state index in [1.54, 1.807) is 0 Å². The van der Waals surface area contributed by atoms with Crippen LogP contribution >= 0.6 is 0 Å². The highest BCUT2D eigenvalue weighted by molar-refractivity contribution is 5.93. The summed E-state index contributed by atoms with van der Waals surface area (Å²) in [5.41, 5.74) is 10.6. The predicted molar refractivity (Wildman–Crippen MR) is 105 cm³/mol. The second-order valence-corrected chi connectivity index (χ2v) is 7.77. The van der Waals surface area contributed by atoms with Gasteiger partial charge in [0.1, 0.15) is 12.1 Å². The van der Waals surface area contributed by atoms with Crippen LogP contribution in [0.5, 0.6) is 0 Å². The van der Waals surface area contributed by atoms with Gasteiger partial charge in [0.15, 0.2) is 0 Å². The first kappa shape index (κ1) is 26.3. The Bertz CT molecular complexity index is 608. The number of nitrogens with one attached hydrogen (secondary N) is 3. The number of aliphatic carboxylic acids is 1. The van der Waals surface area contributed by atoms with Crippen LogP contribution in [0.2, 0.25) is 0 Å². The molecule has 0 bridgehead atoms. The molecule has 0 saturated heterocycles. The van der Waals surface area contributed by atoms with Crippen molar-refractivity contribution in [3.05, 3.63) is 0 Å². The summed E-state index contributed by atoms with van der Waals surface area (Å²) < 4.78 is 0. The van der Waals surface area contributed by atoms with E-state index in [0.717, 1.165) is 0 Å². The van der Waals surface area contributed by atoms with E-state index in [-0.39, 0.29) is 31.1 Å². The van der Waals surface area contributed by atoms with E-state index < -0.39 is 54.3 Å². The van der Waals surface area contributed by atoms with Gasteiger partial charge in [-0.05, 0) is 24.7 Å². The largest absolute Gasteiger partial charge is 0.480 e. The first-order valence-corrected chi connectivity index (χ1v) is 9.47. The second-order valence-electron chi connectivity index (χ2n) is 7.77. The van der Waals surface area contributed by atoms with E-state index in [9.17, 15) is 24.0 Å². The molecule has 0 rings (SSSR count). The molecule has 166 valence electrons. The maximum atomic E-state index is 12.4. The van der Waals surface area contributed by atoms with Gasteiger partial charge in [0, 0.05) is 0 Å². The first-order chi connectivity index (χ1) is 13.3. The van der Waals surface area contributed by atoms with Crippen LogP contribution in [0.4, 0.5) is 0 Å². The summed E-state index contributed by atoms with van der Waals surface area (Å²) in [5, 5.41) is 16.3. The third-order valence-electron chi connectivity index (χ3n) is 3.86. The Morgan fingerprint density at radius 2 is 1.38 bits per heavy atom. The van der Waals surface area contributed by atoms with Crippen molar-refractivity contribution < 1.29 is 29.1 Å². The number of rotatable bonds is 13. The van der Waals surface area contributed by atoms with Crippen molar-refractivity contribution in [2.24, 2.45) is 23.3 Å². The number of carbonyl (C=O) groups is 5. The molecule has 0 spiro atoms. The van der Waals surface area contributed by atoms with Gasteiger partial charge in [-0.2, -0.15) is 0 Å². The van der Waals surface area contributed by atoms with Crippen molar-refractivity contribution >= 4 is 29.6 Å². The number of carboxylic acids is 1. The molecule has 4 amide bonds. The van der Waals surface area contributed by atoms with Crippen LogP contribution in [0.15, 0.2) is 0 Å². The Hall–Kier alpha value is -2.69. The van der Waals surface area contributed by atoms with Gasteiger partial charge in [0.25, 0.3) is 0 Å². The van der Waals surface area contributed by atoms with Crippen LogP contribution in [-0.4, -0.2) is 59.4 Å². The highest BCUT2D eigenvalue weighted by Gasteiger charge is 2.26. The number of carboxylic acid groups (broad SMARTS) is 1. The van der Waals surface area contributed by atoms with Crippen molar-refractivity contribution in [1.82, 2.24) is 16.0 Å². The summed E-state index contributed by atoms with van der Waals surface area (Å²) in [6.07, 6.45) is 0.156. The van der Waals surface area contributed by atoms with E-state index in [0.29, 0.717) is 0 Å². The summed E-state index contributed by atoms with van der Waals surface area (Å²) in [6, 6.07) is -3.22. The lowest BCUT2D eigenvalue weighted by atomic mass is 10.0. The number of nitrogens with two attached hydrogens (primary N) is 2. The van der Waals surface area contributed by atoms with E-state index in [1.165, 1.54) is 0 Å². The Kier molecular flexibility index (Phi) is 11.5. The van der Waals surface area contributed by atoms with Crippen LogP contribution in [0.1, 0.15) is 47.0 Å². The monoisotopic (exact) mass is 415 g/mol. The highest BCUT2D eigenvalue weighted by Crippen LogP contribution is 2.06. The van der Waals surface area contributed by atoms with Crippen LogP contribution < -0.4 is 27.4 Å². The number of amides is 4. The Morgan fingerprint density at radius 3 is 1.83 bits per heavy atom. The fourth-order valence-electron chi connectivity index (χ4n) is 2.52. The third kappa shape index (κ3) is 11.7. The Labute approximate surface area is 170 Å². The van der Waals surface area contributed by atoms with Gasteiger partial charge in [0.2, 0.25) is 23.6 Å². The molecule has 0 radical (unpaired) electrons. The molecule has 3 unspecified atom stereocenters. The Morgan fingerprint density at radius 1 is 0.862 bits per heavy atom. The van der Waals surface area contributed by atoms with E-state index >= 15 is 0 Å².